The number of nitro benzene ring substituents is 1. The average Bonchev–Trinajstić information content (AvgIpc) is 1.85. The van der Waals surface area contributed by atoms with E-state index in [-0.39, 0.29) is 16.9 Å². The highest BCUT2D eigenvalue weighted by atomic mass is 16.6. The highest BCUT2D eigenvalue weighted by Gasteiger charge is 2.08. The van der Waals surface area contributed by atoms with Crippen LogP contribution in [0.5, 0.6) is 5.75 Å². The highest BCUT2D eigenvalue weighted by Crippen LogP contribution is 2.12. The van der Waals surface area contributed by atoms with Crippen LogP contribution in [0.3, 0.4) is 0 Å². The van der Waals surface area contributed by atoms with Crippen LogP contribution in [-0.4, -0.2) is 17.9 Å². The number of aromatic hydroxyl groups is 1. The molecule has 0 bridgehead atoms. The molecule has 0 aliphatic carbocycles. The zero-order valence-corrected chi connectivity index (χ0v) is 5.52. The van der Waals surface area contributed by atoms with E-state index in [1.165, 1.54) is 6.07 Å². The highest BCUT2D eigenvalue weighted by molar-refractivity contribution is 6.35. The monoisotopic (exact) mass is 149 g/mol. The second-order valence-electron chi connectivity index (χ2n) is 2.00. The van der Waals surface area contributed by atoms with Gasteiger partial charge < -0.3 is 5.11 Å². The molecule has 0 aromatic heterocycles. The lowest BCUT2D eigenvalue weighted by Gasteiger charge is -1.96. The van der Waals surface area contributed by atoms with Crippen LogP contribution < -0.4 is 5.46 Å². The first-order valence-electron chi connectivity index (χ1n) is 2.84. The SMILES string of the molecule is [B]c1cc(O)ccc1[N+](=O)[O-]. The van der Waals surface area contributed by atoms with Gasteiger partial charge >= 0.3 is 0 Å². The third-order valence-corrected chi connectivity index (χ3v) is 1.21. The third kappa shape index (κ3) is 1.49. The number of rotatable bonds is 1. The summed E-state index contributed by atoms with van der Waals surface area (Å²) in [6, 6.07) is 3.51. The van der Waals surface area contributed by atoms with Crippen molar-refractivity contribution in [3.8, 4) is 5.75 Å². The molecule has 2 radical (unpaired) electrons. The van der Waals surface area contributed by atoms with E-state index < -0.39 is 4.92 Å². The van der Waals surface area contributed by atoms with Crippen molar-refractivity contribution in [3.63, 3.8) is 0 Å². The van der Waals surface area contributed by atoms with E-state index in [2.05, 4.69) is 0 Å². The molecule has 0 atom stereocenters. The zero-order chi connectivity index (χ0) is 8.43. The fourth-order valence-electron chi connectivity index (χ4n) is 0.708. The summed E-state index contributed by atoms with van der Waals surface area (Å²) in [7, 11) is 5.22. The molecule has 1 rings (SSSR count). The fourth-order valence-corrected chi connectivity index (χ4v) is 0.708. The Kier molecular flexibility index (Phi) is 1.80. The summed E-state index contributed by atoms with van der Waals surface area (Å²) in [6.07, 6.45) is 0. The van der Waals surface area contributed by atoms with E-state index in [4.69, 9.17) is 13.0 Å². The molecular weight excluding hydrogens is 145 g/mol. The summed E-state index contributed by atoms with van der Waals surface area (Å²) >= 11 is 0. The average molecular weight is 149 g/mol. The number of benzene rings is 1. The molecular formula is C6H4BNO3. The van der Waals surface area contributed by atoms with Crippen LogP contribution >= 0.6 is 0 Å². The first-order valence-corrected chi connectivity index (χ1v) is 2.84. The minimum absolute atomic E-state index is 0.0324. The van der Waals surface area contributed by atoms with Crippen molar-refractivity contribution in [1.82, 2.24) is 0 Å². The molecule has 0 saturated carbocycles. The maximum absolute atomic E-state index is 10.2. The zero-order valence-electron chi connectivity index (χ0n) is 5.52. The molecule has 11 heavy (non-hydrogen) atoms. The van der Waals surface area contributed by atoms with Crippen molar-refractivity contribution < 1.29 is 10.0 Å². The molecule has 0 fully saturated rings. The van der Waals surface area contributed by atoms with E-state index in [1.807, 2.05) is 0 Å². The summed E-state index contributed by atoms with van der Waals surface area (Å²) in [4.78, 5) is 9.57. The largest absolute Gasteiger partial charge is 0.508 e. The molecule has 4 nitrogen and oxygen atoms in total. The Morgan fingerprint density at radius 3 is 2.64 bits per heavy atom. The van der Waals surface area contributed by atoms with Crippen molar-refractivity contribution in [2.24, 2.45) is 0 Å². The number of phenolic OH excluding ortho intramolecular Hbond substituents is 1. The Balaban J connectivity index is 3.20. The van der Waals surface area contributed by atoms with Gasteiger partial charge in [0, 0.05) is 6.07 Å². The molecule has 5 heteroatoms. The van der Waals surface area contributed by atoms with Crippen LogP contribution in [0.15, 0.2) is 18.2 Å². The van der Waals surface area contributed by atoms with Gasteiger partial charge in [-0.05, 0) is 17.6 Å². The molecule has 0 spiro atoms. The Morgan fingerprint density at radius 1 is 1.55 bits per heavy atom. The molecule has 54 valence electrons. The van der Waals surface area contributed by atoms with Crippen LogP contribution in [0.1, 0.15) is 0 Å². The predicted octanol–water partition coefficient (Wildman–Crippen LogP) is 0.0942. The molecule has 0 amide bonds. The predicted molar refractivity (Wildman–Crippen MR) is 40.1 cm³/mol. The van der Waals surface area contributed by atoms with Gasteiger partial charge in [0.2, 0.25) is 0 Å². The van der Waals surface area contributed by atoms with Gasteiger partial charge in [-0.15, -0.1) is 0 Å². The second-order valence-corrected chi connectivity index (χ2v) is 2.00. The van der Waals surface area contributed by atoms with E-state index in [1.54, 1.807) is 0 Å². The summed E-state index contributed by atoms with van der Waals surface area (Å²) < 4.78 is 0. The van der Waals surface area contributed by atoms with Gasteiger partial charge in [-0.2, -0.15) is 0 Å². The van der Waals surface area contributed by atoms with Gasteiger partial charge in [0.05, 0.1) is 4.92 Å². The van der Waals surface area contributed by atoms with Gasteiger partial charge in [-0.25, -0.2) is 0 Å². The number of nitro groups is 1. The van der Waals surface area contributed by atoms with Gasteiger partial charge in [-0.1, -0.05) is 0 Å². The van der Waals surface area contributed by atoms with Gasteiger partial charge in [-0.3, -0.25) is 10.1 Å². The van der Waals surface area contributed by atoms with E-state index in [9.17, 15) is 10.1 Å². The molecule has 1 aromatic carbocycles. The number of nitrogens with zero attached hydrogens (tertiary/aromatic N) is 1. The summed E-state index contributed by atoms with van der Waals surface area (Å²) in [5.74, 6) is -0.0758. The van der Waals surface area contributed by atoms with Crippen molar-refractivity contribution in [2.45, 2.75) is 0 Å². The Hall–Kier alpha value is -1.52. The summed E-state index contributed by atoms with van der Waals surface area (Å²) in [5.41, 5.74) is -0.224. The first-order chi connectivity index (χ1) is 5.11. The van der Waals surface area contributed by atoms with Crippen molar-refractivity contribution in [1.29, 1.82) is 0 Å². The number of hydrogen-bond acceptors (Lipinski definition) is 3. The Morgan fingerprint density at radius 2 is 2.18 bits per heavy atom. The lowest BCUT2D eigenvalue weighted by molar-refractivity contribution is -0.383. The van der Waals surface area contributed by atoms with Crippen molar-refractivity contribution >= 4 is 19.0 Å². The smallest absolute Gasteiger partial charge is 0.262 e. The Bertz CT molecular complexity index is 300. The van der Waals surface area contributed by atoms with Crippen LogP contribution in [0.25, 0.3) is 0 Å². The standard InChI is InChI=1S/C6H4BNO3/c7-5-3-4(9)1-2-6(5)8(10)11/h1-3,9H. The minimum Gasteiger partial charge on any atom is -0.508 e. The number of phenols is 1. The van der Waals surface area contributed by atoms with Crippen LogP contribution in [0, 0.1) is 10.1 Å². The molecule has 1 N–H and O–H groups in total. The van der Waals surface area contributed by atoms with E-state index >= 15 is 0 Å². The summed E-state index contributed by atoms with van der Waals surface area (Å²) in [5, 5.41) is 19.0. The molecule has 0 unspecified atom stereocenters. The van der Waals surface area contributed by atoms with Crippen LogP contribution in [0.2, 0.25) is 0 Å². The van der Waals surface area contributed by atoms with Crippen LogP contribution in [-0.2, 0) is 0 Å². The van der Waals surface area contributed by atoms with Crippen LogP contribution in [0.4, 0.5) is 5.69 Å². The molecule has 0 heterocycles. The van der Waals surface area contributed by atoms with Crippen molar-refractivity contribution in [3.05, 3.63) is 28.3 Å². The molecule has 0 aliphatic heterocycles. The maximum atomic E-state index is 10.2. The second kappa shape index (κ2) is 2.61. The molecule has 1 aromatic rings. The normalized spacial score (nSPS) is 9.45. The topological polar surface area (TPSA) is 63.4 Å². The first kappa shape index (κ1) is 7.59. The maximum Gasteiger partial charge on any atom is 0.262 e. The van der Waals surface area contributed by atoms with Crippen molar-refractivity contribution in [2.75, 3.05) is 0 Å². The lowest BCUT2D eigenvalue weighted by Crippen LogP contribution is -2.08. The number of hydrogen-bond donors (Lipinski definition) is 1. The van der Waals surface area contributed by atoms with E-state index in [0.717, 1.165) is 12.1 Å². The third-order valence-electron chi connectivity index (χ3n) is 1.21. The molecule has 0 aliphatic rings. The van der Waals surface area contributed by atoms with Gasteiger partial charge in [0.15, 0.2) is 0 Å². The van der Waals surface area contributed by atoms with Gasteiger partial charge in [0.1, 0.15) is 13.6 Å². The molecule has 0 saturated heterocycles. The quantitative estimate of drug-likeness (QED) is 0.349. The minimum atomic E-state index is -0.602. The fraction of sp³-hybridized carbons (Fsp3) is 0. The van der Waals surface area contributed by atoms with E-state index in [0.29, 0.717) is 0 Å². The Labute approximate surface area is 64.0 Å². The summed E-state index contributed by atoms with van der Waals surface area (Å²) in [6.45, 7) is 0. The lowest BCUT2D eigenvalue weighted by atomic mass is 9.94. The van der Waals surface area contributed by atoms with Gasteiger partial charge in [0.25, 0.3) is 5.69 Å².